The molecule has 0 bridgehead atoms. The minimum absolute atomic E-state index is 0.0267. The van der Waals surface area contributed by atoms with Crippen molar-refractivity contribution in [3.63, 3.8) is 0 Å². The highest BCUT2D eigenvalue weighted by atomic mass is 16.5. The van der Waals surface area contributed by atoms with Gasteiger partial charge < -0.3 is 9.84 Å². The summed E-state index contributed by atoms with van der Waals surface area (Å²) in [6.07, 6.45) is 3.44. The molecule has 1 N–H and O–H groups in total. The van der Waals surface area contributed by atoms with Gasteiger partial charge in [0.25, 0.3) is 0 Å². The van der Waals surface area contributed by atoms with E-state index in [0.29, 0.717) is 18.4 Å². The maximum Gasteiger partial charge on any atom is 0.240 e. The minimum Gasteiger partial charge on any atom is -0.338 e. The van der Waals surface area contributed by atoms with Crippen molar-refractivity contribution in [2.45, 2.75) is 45.1 Å². The van der Waals surface area contributed by atoms with E-state index >= 15 is 0 Å². The van der Waals surface area contributed by atoms with Gasteiger partial charge in [0.15, 0.2) is 5.82 Å². The van der Waals surface area contributed by atoms with Crippen molar-refractivity contribution in [1.29, 1.82) is 0 Å². The highest BCUT2D eigenvalue weighted by Gasteiger charge is 2.44. The third-order valence-electron chi connectivity index (χ3n) is 4.26. The molecule has 3 rings (SSSR count). The van der Waals surface area contributed by atoms with Gasteiger partial charge in [-0.15, -0.1) is 0 Å². The Hall–Kier alpha value is -1.68. The largest absolute Gasteiger partial charge is 0.338 e. The molecule has 1 saturated carbocycles. The Morgan fingerprint density at radius 2 is 2.00 bits per heavy atom. The molecule has 1 aromatic heterocycles. The molecule has 2 aromatic rings. The van der Waals surface area contributed by atoms with Crippen LogP contribution in [0.1, 0.15) is 50.4 Å². The number of nitrogens with one attached hydrogen (secondary N) is 1. The fourth-order valence-electron chi connectivity index (χ4n) is 2.92. The highest BCUT2D eigenvalue weighted by Crippen LogP contribution is 2.47. The molecular weight excluding hydrogens is 262 g/mol. The molecule has 0 radical (unpaired) electrons. The lowest BCUT2D eigenvalue weighted by atomic mass is 9.64. The Labute approximate surface area is 126 Å². The van der Waals surface area contributed by atoms with Crippen LogP contribution in [0.2, 0.25) is 0 Å². The molecule has 1 heterocycles. The minimum atomic E-state index is -0.0267. The van der Waals surface area contributed by atoms with E-state index in [0.717, 1.165) is 25.2 Å². The summed E-state index contributed by atoms with van der Waals surface area (Å²) in [4.78, 5) is 4.64. The van der Waals surface area contributed by atoms with Crippen LogP contribution in [0.15, 0.2) is 34.9 Å². The molecule has 4 heteroatoms. The van der Waals surface area contributed by atoms with Gasteiger partial charge in [0.1, 0.15) is 0 Å². The molecule has 112 valence electrons. The van der Waals surface area contributed by atoms with E-state index in [1.807, 2.05) is 6.07 Å². The van der Waals surface area contributed by atoms with Gasteiger partial charge in [0, 0.05) is 0 Å². The van der Waals surface area contributed by atoms with Gasteiger partial charge >= 0.3 is 0 Å². The maximum absolute atomic E-state index is 5.43. The zero-order chi connectivity index (χ0) is 14.7. The molecule has 21 heavy (non-hydrogen) atoms. The zero-order valence-corrected chi connectivity index (χ0v) is 12.8. The first kappa shape index (κ1) is 14.3. The predicted octanol–water partition coefficient (Wildman–Crippen LogP) is 3.29. The smallest absolute Gasteiger partial charge is 0.240 e. The van der Waals surface area contributed by atoms with Crippen LogP contribution in [0.3, 0.4) is 0 Å². The Morgan fingerprint density at radius 1 is 1.24 bits per heavy atom. The molecule has 0 aliphatic heterocycles. The Balaban J connectivity index is 1.75. The van der Waals surface area contributed by atoms with E-state index in [4.69, 9.17) is 4.52 Å². The first-order valence-corrected chi connectivity index (χ1v) is 7.80. The summed E-state index contributed by atoms with van der Waals surface area (Å²) in [7, 11) is 0. The Bertz CT molecular complexity index is 573. The summed E-state index contributed by atoms with van der Waals surface area (Å²) < 4.78 is 5.43. The highest BCUT2D eigenvalue weighted by molar-refractivity contribution is 5.35. The molecule has 0 spiro atoms. The van der Waals surface area contributed by atoms with Crippen LogP contribution >= 0.6 is 0 Å². The Morgan fingerprint density at radius 3 is 2.62 bits per heavy atom. The monoisotopic (exact) mass is 285 g/mol. The molecule has 4 nitrogen and oxygen atoms in total. The van der Waals surface area contributed by atoms with Gasteiger partial charge in [-0.3, -0.25) is 0 Å². The first-order valence-electron chi connectivity index (χ1n) is 7.80. The third kappa shape index (κ3) is 2.86. The number of aromatic nitrogens is 2. The summed E-state index contributed by atoms with van der Waals surface area (Å²) in [5.41, 5.74) is 1.28. The van der Waals surface area contributed by atoms with Gasteiger partial charge in [0.2, 0.25) is 5.89 Å². The Kier molecular flexibility index (Phi) is 4.06. The second kappa shape index (κ2) is 5.98. The number of benzene rings is 1. The van der Waals surface area contributed by atoms with Crippen LogP contribution in [-0.2, 0) is 12.0 Å². The average molecular weight is 285 g/mol. The van der Waals surface area contributed by atoms with E-state index < -0.39 is 0 Å². The fourth-order valence-corrected chi connectivity index (χ4v) is 2.92. The van der Waals surface area contributed by atoms with E-state index in [2.05, 4.69) is 53.6 Å². The summed E-state index contributed by atoms with van der Waals surface area (Å²) in [5.74, 6) is 2.16. The summed E-state index contributed by atoms with van der Waals surface area (Å²) >= 11 is 0. The van der Waals surface area contributed by atoms with Crippen LogP contribution in [0.4, 0.5) is 0 Å². The lowest BCUT2D eigenvalue weighted by Crippen LogP contribution is -2.36. The summed E-state index contributed by atoms with van der Waals surface area (Å²) in [5, 5.41) is 7.60. The van der Waals surface area contributed by atoms with Gasteiger partial charge in [0.05, 0.1) is 12.0 Å². The quantitative estimate of drug-likeness (QED) is 0.885. The van der Waals surface area contributed by atoms with Crippen LogP contribution in [0.5, 0.6) is 0 Å². The number of hydrogen-bond donors (Lipinski definition) is 1. The molecule has 1 aliphatic carbocycles. The summed E-state index contributed by atoms with van der Waals surface area (Å²) in [6, 6.07) is 10.6. The van der Waals surface area contributed by atoms with E-state index in [1.165, 1.54) is 12.0 Å². The van der Waals surface area contributed by atoms with Gasteiger partial charge in [-0.1, -0.05) is 55.8 Å². The van der Waals surface area contributed by atoms with Crippen molar-refractivity contribution >= 4 is 0 Å². The average Bonchev–Trinajstić information content (AvgIpc) is 2.87. The second-order valence-corrected chi connectivity index (χ2v) is 6.34. The molecule has 1 aliphatic rings. The number of hydrogen-bond acceptors (Lipinski definition) is 4. The van der Waals surface area contributed by atoms with Crippen molar-refractivity contribution in [2.24, 2.45) is 5.92 Å². The molecular formula is C17H23N3O. The SMILES string of the molecule is CC(C)CNCc1nc(C2(c3ccccc3)CCC2)no1. The first-order chi connectivity index (χ1) is 10.2. The van der Waals surface area contributed by atoms with Crippen molar-refractivity contribution in [2.75, 3.05) is 6.54 Å². The lowest BCUT2D eigenvalue weighted by Gasteiger charge is -2.39. The van der Waals surface area contributed by atoms with E-state index in [1.54, 1.807) is 0 Å². The topological polar surface area (TPSA) is 51.0 Å². The van der Waals surface area contributed by atoms with E-state index in [9.17, 15) is 0 Å². The van der Waals surface area contributed by atoms with Crippen molar-refractivity contribution in [3.05, 3.63) is 47.6 Å². The molecule has 1 aromatic carbocycles. The molecule has 1 fully saturated rings. The van der Waals surface area contributed by atoms with Gasteiger partial charge in [-0.05, 0) is 30.9 Å². The van der Waals surface area contributed by atoms with Gasteiger partial charge in [-0.2, -0.15) is 4.98 Å². The van der Waals surface area contributed by atoms with E-state index in [-0.39, 0.29) is 5.41 Å². The van der Waals surface area contributed by atoms with Crippen LogP contribution in [-0.4, -0.2) is 16.7 Å². The standard InChI is InChI=1S/C17H23N3O/c1-13(2)11-18-12-15-19-16(20-21-15)17(9-6-10-17)14-7-4-3-5-8-14/h3-5,7-8,13,18H,6,9-12H2,1-2H3. The molecule has 0 atom stereocenters. The summed E-state index contributed by atoms with van der Waals surface area (Å²) in [6.45, 7) is 5.98. The molecule has 0 saturated heterocycles. The van der Waals surface area contributed by atoms with Crippen molar-refractivity contribution < 1.29 is 4.52 Å². The zero-order valence-electron chi connectivity index (χ0n) is 12.8. The second-order valence-electron chi connectivity index (χ2n) is 6.34. The van der Waals surface area contributed by atoms with Crippen LogP contribution in [0.25, 0.3) is 0 Å². The van der Waals surface area contributed by atoms with Crippen LogP contribution < -0.4 is 5.32 Å². The molecule has 0 unspecified atom stereocenters. The fraction of sp³-hybridized carbons (Fsp3) is 0.529. The van der Waals surface area contributed by atoms with Gasteiger partial charge in [-0.25, -0.2) is 0 Å². The normalized spacial score (nSPS) is 16.9. The van der Waals surface area contributed by atoms with Crippen molar-refractivity contribution in [1.82, 2.24) is 15.5 Å². The number of nitrogens with zero attached hydrogens (tertiary/aromatic N) is 2. The third-order valence-corrected chi connectivity index (χ3v) is 4.26. The maximum atomic E-state index is 5.43. The van der Waals surface area contributed by atoms with Crippen LogP contribution in [0, 0.1) is 5.92 Å². The van der Waals surface area contributed by atoms with Crippen molar-refractivity contribution in [3.8, 4) is 0 Å². The molecule has 0 amide bonds. The predicted molar refractivity (Wildman–Crippen MR) is 81.9 cm³/mol. The lowest BCUT2D eigenvalue weighted by molar-refractivity contribution is 0.270. The number of rotatable bonds is 6.